The van der Waals surface area contributed by atoms with Crippen molar-refractivity contribution in [2.45, 2.75) is 25.5 Å². The van der Waals surface area contributed by atoms with Crippen molar-refractivity contribution in [1.82, 2.24) is 4.90 Å². The van der Waals surface area contributed by atoms with Gasteiger partial charge >= 0.3 is 11.9 Å². The summed E-state index contributed by atoms with van der Waals surface area (Å²) in [6, 6.07) is 5.79. The van der Waals surface area contributed by atoms with Gasteiger partial charge in [0.15, 0.2) is 5.72 Å². The number of fused-ring (bicyclic) bond motifs is 1. The van der Waals surface area contributed by atoms with Gasteiger partial charge in [0.1, 0.15) is 12.5 Å². The zero-order valence-electron chi connectivity index (χ0n) is 16.3. The zero-order chi connectivity index (χ0) is 21.5. The molecular weight excluding hydrogens is 384 g/mol. The maximum atomic E-state index is 12.9. The van der Waals surface area contributed by atoms with Crippen molar-refractivity contribution in [2.75, 3.05) is 20.8 Å². The number of amides is 1. The fraction of sp³-hybridized carbons (Fsp3) is 0.421. The Morgan fingerprint density at radius 1 is 1.28 bits per heavy atom. The van der Waals surface area contributed by atoms with Crippen LogP contribution in [-0.4, -0.2) is 54.2 Å². The van der Waals surface area contributed by atoms with E-state index in [9.17, 15) is 24.5 Å². The standard InChI is InChI=1S/C19H20N2O8/c1-10-14(17(23)27-3)15(11-7-5-6-8-12(11)21(25)26)16(18(24)28-4)19(2)20(10)13(22)9-29-19/h5-8,15-16H,9H2,1-4H3/t15-,16-,19+/m1/s1. The van der Waals surface area contributed by atoms with E-state index in [-0.39, 0.29) is 29.1 Å². The number of hydrogen-bond donors (Lipinski definition) is 0. The molecule has 2 aliphatic heterocycles. The number of rotatable bonds is 4. The molecule has 0 spiro atoms. The predicted octanol–water partition coefficient (Wildman–Crippen LogP) is 1.50. The first-order valence-electron chi connectivity index (χ1n) is 8.76. The van der Waals surface area contributed by atoms with Gasteiger partial charge in [0, 0.05) is 23.2 Å². The molecular formula is C19H20N2O8. The molecule has 1 aromatic rings. The molecule has 1 fully saturated rings. The highest BCUT2D eigenvalue weighted by Crippen LogP contribution is 2.52. The van der Waals surface area contributed by atoms with Gasteiger partial charge in [0.25, 0.3) is 11.6 Å². The van der Waals surface area contributed by atoms with Gasteiger partial charge in [-0.05, 0) is 13.8 Å². The van der Waals surface area contributed by atoms with Gasteiger partial charge in [-0.25, -0.2) is 4.79 Å². The van der Waals surface area contributed by atoms with Crippen molar-refractivity contribution < 1.29 is 33.5 Å². The molecule has 2 aliphatic rings. The molecule has 1 saturated heterocycles. The highest BCUT2D eigenvalue weighted by Gasteiger charge is 2.61. The molecule has 0 N–H and O–H groups in total. The Morgan fingerprint density at radius 2 is 1.93 bits per heavy atom. The fourth-order valence-electron chi connectivity index (χ4n) is 4.27. The second-order valence-electron chi connectivity index (χ2n) is 6.86. The van der Waals surface area contributed by atoms with Gasteiger partial charge in [0.2, 0.25) is 0 Å². The third kappa shape index (κ3) is 2.96. The number of methoxy groups -OCH3 is 2. The molecule has 0 saturated carbocycles. The molecule has 3 atom stereocenters. The number of nitrogens with zero attached hydrogens (tertiary/aromatic N) is 2. The number of benzene rings is 1. The van der Waals surface area contributed by atoms with Crippen molar-refractivity contribution in [1.29, 1.82) is 0 Å². The maximum absolute atomic E-state index is 12.9. The Hall–Kier alpha value is -3.27. The van der Waals surface area contributed by atoms with Gasteiger partial charge in [0.05, 0.1) is 24.7 Å². The largest absolute Gasteiger partial charge is 0.469 e. The van der Waals surface area contributed by atoms with Crippen molar-refractivity contribution in [3.63, 3.8) is 0 Å². The third-order valence-electron chi connectivity index (χ3n) is 5.46. The van der Waals surface area contributed by atoms with Crippen LogP contribution >= 0.6 is 0 Å². The third-order valence-corrected chi connectivity index (χ3v) is 5.46. The van der Waals surface area contributed by atoms with Crippen LogP contribution in [0.5, 0.6) is 0 Å². The van der Waals surface area contributed by atoms with Crippen molar-refractivity contribution >= 4 is 23.5 Å². The molecule has 10 heteroatoms. The summed E-state index contributed by atoms with van der Waals surface area (Å²) in [5.74, 6) is -4.38. The Kier molecular flexibility index (Phi) is 5.14. The maximum Gasteiger partial charge on any atom is 0.336 e. The summed E-state index contributed by atoms with van der Waals surface area (Å²) in [5.41, 5.74) is -1.46. The van der Waals surface area contributed by atoms with Crippen LogP contribution in [0, 0.1) is 16.0 Å². The normalized spacial score (nSPS) is 26.2. The lowest BCUT2D eigenvalue weighted by molar-refractivity contribution is -0.385. The van der Waals surface area contributed by atoms with E-state index in [1.54, 1.807) is 6.07 Å². The topological polar surface area (TPSA) is 125 Å². The second kappa shape index (κ2) is 7.28. The van der Waals surface area contributed by atoms with Crippen LogP contribution in [0.4, 0.5) is 5.69 Å². The fourth-order valence-corrected chi connectivity index (χ4v) is 4.27. The van der Waals surface area contributed by atoms with Crippen LogP contribution in [0.15, 0.2) is 35.5 Å². The minimum Gasteiger partial charge on any atom is -0.469 e. The van der Waals surface area contributed by atoms with Gasteiger partial charge in [-0.2, -0.15) is 0 Å². The van der Waals surface area contributed by atoms with Crippen LogP contribution in [0.25, 0.3) is 0 Å². The van der Waals surface area contributed by atoms with E-state index in [0.717, 1.165) is 14.2 Å². The average Bonchev–Trinajstić information content (AvgIpc) is 3.01. The summed E-state index contributed by atoms with van der Waals surface area (Å²) >= 11 is 0. The quantitative estimate of drug-likeness (QED) is 0.420. The first-order chi connectivity index (χ1) is 13.7. The van der Waals surface area contributed by atoms with Gasteiger partial charge < -0.3 is 14.2 Å². The minimum atomic E-state index is -1.49. The van der Waals surface area contributed by atoms with E-state index >= 15 is 0 Å². The number of allylic oxidation sites excluding steroid dienone is 1. The first-order valence-corrected chi connectivity index (χ1v) is 8.76. The number of nitro groups is 1. The van der Waals surface area contributed by atoms with E-state index in [0.29, 0.717) is 0 Å². The Morgan fingerprint density at radius 3 is 2.52 bits per heavy atom. The smallest absolute Gasteiger partial charge is 0.336 e. The predicted molar refractivity (Wildman–Crippen MR) is 97.3 cm³/mol. The molecule has 0 radical (unpaired) electrons. The number of carbonyl (C=O) groups excluding carboxylic acids is 3. The second-order valence-corrected chi connectivity index (χ2v) is 6.86. The number of carbonyl (C=O) groups is 3. The van der Waals surface area contributed by atoms with E-state index in [2.05, 4.69) is 0 Å². The molecule has 0 unspecified atom stereocenters. The van der Waals surface area contributed by atoms with Crippen LogP contribution in [-0.2, 0) is 28.6 Å². The Bertz CT molecular complexity index is 940. The summed E-state index contributed by atoms with van der Waals surface area (Å²) in [7, 11) is 2.31. The monoisotopic (exact) mass is 404 g/mol. The van der Waals surface area contributed by atoms with Crippen LogP contribution < -0.4 is 0 Å². The van der Waals surface area contributed by atoms with Crippen LogP contribution in [0.2, 0.25) is 0 Å². The molecule has 1 aromatic carbocycles. The van der Waals surface area contributed by atoms with Crippen molar-refractivity contribution in [2.24, 2.45) is 5.92 Å². The number of para-hydroxylation sites is 1. The van der Waals surface area contributed by atoms with Gasteiger partial charge in [-0.3, -0.25) is 24.6 Å². The molecule has 29 heavy (non-hydrogen) atoms. The van der Waals surface area contributed by atoms with E-state index < -0.39 is 40.3 Å². The Balaban J connectivity index is 2.39. The molecule has 0 aliphatic carbocycles. The summed E-state index contributed by atoms with van der Waals surface area (Å²) in [6.07, 6.45) is 0. The highest BCUT2D eigenvalue weighted by molar-refractivity contribution is 5.96. The molecule has 2 heterocycles. The molecule has 3 rings (SSSR count). The Labute approximate surface area is 166 Å². The zero-order valence-corrected chi connectivity index (χ0v) is 16.3. The van der Waals surface area contributed by atoms with E-state index in [1.807, 2.05) is 0 Å². The molecule has 0 bridgehead atoms. The number of ether oxygens (including phenoxy) is 3. The molecule has 10 nitrogen and oxygen atoms in total. The van der Waals surface area contributed by atoms with E-state index in [1.165, 1.54) is 36.9 Å². The average molecular weight is 404 g/mol. The summed E-state index contributed by atoms with van der Waals surface area (Å²) in [6.45, 7) is 2.74. The van der Waals surface area contributed by atoms with Crippen molar-refractivity contribution in [3.8, 4) is 0 Å². The van der Waals surface area contributed by atoms with Crippen molar-refractivity contribution in [3.05, 3.63) is 51.2 Å². The highest BCUT2D eigenvalue weighted by atomic mass is 16.6. The first kappa shape index (κ1) is 20.5. The van der Waals surface area contributed by atoms with Crippen LogP contribution in [0.3, 0.4) is 0 Å². The van der Waals surface area contributed by atoms with E-state index in [4.69, 9.17) is 14.2 Å². The lowest BCUT2D eigenvalue weighted by Crippen LogP contribution is -2.58. The molecule has 154 valence electrons. The lowest BCUT2D eigenvalue weighted by Gasteiger charge is -2.47. The molecule has 1 amide bonds. The van der Waals surface area contributed by atoms with Gasteiger partial charge in [-0.1, -0.05) is 18.2 Å². The number of esters is 2. The molecule has 0 aromatic heterocycles. The number of nitro benzene ring substituents is 1. The van der Waals surface area contributed by atoms with Gasteiger partial charge in [-0.15, -0.1) is 0 Å². The minimum absolute atomic E-state index is 0.0338. The van der Waals surface area contributed by atoms with Crippen LogP contribution in [0.1, 0.15) is 25.3 Å². The summed E-state index contributed by atoms with van der Waals surface area (Å²) in [4.78, 5) is 50.4. The SMILES string of the molecule is COC(=O)C1=C(C)N2C(=O)CO[C@@]2(C)[C@@H](C(=O)OC)[C@@H]1c1ccccc1[N+](=O)[O-]. The summed E-state index contributed by atoms with van der Waals surface area (Å²) in [5, 5.41) is 11.7. The lowest BCUT2D eigenvalue weighted by atomic mass is 9.71. The number of hydrogen-bond acceptors (Lipinski definition) is 8. The summed E-state index contributed by atoms with van der Waals surface area (Å²) < 4.78 is 15.5.